The summed E-state index contributed by atoms with van der Waals surface area (Å²) in [6.07, 6.45) is 1.97. The van der Waals surface area contributed by atoms with Crippen molar-refractivity contribution < 1.29 is 0 Å². The molecule has 3 heterocycles. The lowest BCUT2D eigenvalue weighted by molar-refractivity contribution is 0.260. The van der Waals surface area contributed by atoms with Gasteiger partial charge in [-0.05, 0) is 37.3 Å². The molecule has 9 nitrogen and oxygen atoms in total. The second-order valence-corrected chi connectivity index (χ2v) is 9.80. The smallest absolute Gasteiger partial charge is 0.166 e. The van der Waals surface area contributed by atoms with Crippen molar-refractivity contribution in [3.05, 3.63) is 0 Å². The van der Waals surface area contributed by atoms with Crippen LogP contribution in [0.5, 0.6) is 0 Å². The van der Waals surface area contributed by atoms with Crippen LogP contribution in [0.2, 0.25) is 0 Å². The molecule has 11 heteroatoms. The highest BCUT2D eigenvalue weighted by Gasteiger charge is 2.31. The quantitative estimate of drug-likeness (QED) is 0.131. The van der Waals surface area contributed by atoms with Gasteiger partial charge in [-0.15, -0.1) is 0 Å². The van der Waals surface area contributed by atoms with Crippen LogP contribution in [0.1, 0.15) is 19.8 Å². The predicted molar refractivity (Wildman–Crippen MR) is 141 cm³/mol. The molecule has 0 saturated carbocycles. The summed E-state index contributed by atoms with van der Waals surface area (Å²) in [6, 6.07) is 0. The highest BCUT2D eigenvalue weighted by molar-refractivity contribution is 7.80. The maximum atomic E-state index is 5.66. The Hall–Kier alpha value is -0.750. The number of nitrogens with one attached hydrogen (secondary N) is 8. The Bertz CT molecular complexity index is 540. The zero-order chi connectivity index (χ0) is 23.0. The molecule has 0 radical (unpaired) electrons. The van der Waals surface area contributed by atoms with E-state index in [0.717, 1.165) is 104 Å². The number of aliphatic imine (C=N–C) groups is 1. The fourth-order valence-corrected chi connectivity index (χ4v) is 4.45. The Labute approximate surface area is 204 Å². The molecule has 3 aliphatic heterocycles. The summed E-state index contributed by atoms with van der Waals surface area (Å²) in [4.78, 5) is 3.96. The van der Waals surface area contributed by atoms with Crippen LogP contribution in [-0.2, 0) is 0 Å². The number of isothiocyanates is 1. The van der Waals surface area contributed by atoms with E-state index in [2.05, 4.69) is 71.8 Å². The number of unbranched alkanes of at least 4 members (excludes halogenated alkanes) is 1. The van der Waals surface area contributed by atoms with Crippen LogP contribution < -0.4 is 42.5 Å². The molecule has 0 aromatic rings. The average Bonchev–Trinajstić information content (AvgIpc) is 2.77. The SMILES string of the molecule is CC12CNCCNCC(NC(=S)NCCCCN=C=S)(CNCCNC1)CNCCNC2. The van der Waals surface area contributed by atoms with Crippen LogP contribution in [0.25, 0.3) is 0 Å². The van der Waals surface area contributed by atoms with E-state index in [1.165, 1.54) is 0 Å². The van der Waals surface area contributed by atoms with Crippen LogP contribution in [0.15, 0.2) is 4.99 Å². The van der Waals surface area contributed by atoms with Crippen LogP contribution in [0.4, 0.5) is 0 Å². The lowest BCUT2D eigenvalue weighted by atomic mass is 9.90. The van der Waals surface area contributed by atoms with E-state index in [0.29, 0.717) is 5.11 Å². The number of nitrogens with zero attached hydrogens (tertiary/aromatic N) is 1. The van der Waals surface area contributed by atoms with Gasteiger partial charge in [0, 0.05) is 97.0 Å². The van der Waals surface area contributed by atoms with Gasteiger partial charge in [-0.25, -0.2) is 4.99 Å². The predicted octanol–water partition coefficient (Wildman–Crippen LogP) is -1.36. The Morgan fingerprint density at radius 2 is 1.28 bits per heavy atom. The van der Waals surface area contributed by atoms with Crippen molar-refractivity contribution in [2.24, 2.45) is 10.4 Å². The van der Waals surface area contributed by atoms with Gasteiger partial charge in [-0.2, -0.15) is 0 Å². The summed E-state index contributed by atoms with van der Waals surface area (Å²) in [5.41, 5.74) is -0.0399. The molecule has 0 aromatic heterocycles. The topological polar surface area (TPSA) is 109 Å². The molecule has 0 aromatic carbocycles. The summed E-state index contributed by atoms with van der Waals surface area (Å²) in [5.74, 6) is 0. The molecule has 0 spiro atoms. The van der Waals surface area contributed by atoms with E-state index in [9.17, 15) is 0 Å². The van der Waals surface area contributed by atoms with Crippen LogP contribution >= 0.6 is 24.4 Å². The Morgan fingerprint density at radius 1 is 0.812 bits per heavy atom. The zero-order valence-corrected chi connectivity index (χ0v) is 21.2. The van der Waals surface area contributed by atoms with Crippen molar-refractivity contribution in [3.63, 3.8) is 0 Å². The van der Waals surface area contributed by atoms with Crippen LogP contribution in [0.3, 0.4) is 0 Å². The molecule has 8 N–H and O–H groups in total. The van der Waals surface area contributed by atoms with E-state index in [4.69, 9.17) is 12.2 Å². The fourth-order valence-electron chi connectivity index (χ4n) is 4.04. The lowest BCUT2D eigenvalue weighted by Crippen LogP contribution is -2.67. The standard InChI is InChI=1S/C21H43N9S2/c1-20-12-22-6-9-25-15-21(16-26-10-7-23-13-20,17-27-11-8-24-14-20)30-19(32)29-5-3-2-4-28-18-31/h22-27H,2-17H2,1H3,(H2,29,30,32). The molecule has 0 aliphatic carbocycles. The molecule has 3 aliphatic rings. The van der Waals surface area contributed by atoms with Gasteiger partial charge in [0.25, 0.3) is 0 Å². The molecule has 2 bridgehead atoms. The van der Waals surface area contributed by atoms with Crippen molar-refractivity contribution in [2.75, 3.05) is 91.6 Å². The highest BCUT2D eigenvalue weighted by Crippen LogP contribution is 2.12. The summed E-state index contributed by atoms with van der Waals surface area (Å²) in [5, 5.41) is 32.0. The molecular weight excluding hydrogens is 442 g/mol. The molecule has 0 atom stereocenters. The third-order valence-electron chi connectivity index (χ3n) is 5.91. The van der Waals surface area contributed by atoms with Crippen molar-refractivity contribution >= 4 is 34.7 Å². The Morgan fingerprint density at radius 3 is 1.75 bits per heavy atom. The Balaban J connectivity index is 1.99. The van der Waals surface area contributed by atoms with E-state index in [1.807, 2.05) is 0 Å². The number of hydrogen-bond donors (Lipinski definition) is 8. The molecule has 3 saturated heterocycles. The molecule has 3 rings (SSSR count). The number of rotatable bonds is 6. The molecule has 0 unspecified atom stereocenters. The summed E-state index contributed by atoms with van der Waals surface area (Å²) >= 11 is 10.3. The van der Waals surface area contributed by atoms with Gasteiger partial charge in [0.15, 0.2) is 5.11 Å². The molecule has 184 valence electrons. The maximum absolute atomic E-state index is 5.66. The molecule has 32 heavy (non-hydrogen) atoms. The fraction of sp³-hybridized carbons (Fsp3) is 0.905. The largest absolute Gasteiger partial charge is 0.363 e. The zero-order valence-electron chi connectivity index (χ0n) is 19.6. The van der Waals surface area contributed by atoms with Gasteiger partial charge < -0.3 is 42.5 Å². The highest BCUT2D eigenvalue weighted by atomic mass is 32.1. The first-order chi connectivity index (χ1) is 15.6. The van der Waals surface area contributed by atoms with Crippen LogP contribution in [-0.4, -0.2) is 107 Å². The van der Waals surface area contributed by atoms with Crippen molar-refractivity contribution in [3.8, 4) is 0 Å². The third kappa shape index (κ3) is 11.4. The number of thiocarbonyl (C=S) groups is 2. The van der Waals surface area contributed by atoms with Gasteiger partial charge in [0.05, 0.1) is 10.7 Å². The molecular formula is C21H43N9S2. The van der Waals surface area contributed by atoms with E-state index in [1.54, 1.807) is 0 Å². The van der Waals surface area contributed by atoms with Crippen molar-refractivity contribution in [1.29, 1.82) is 0 Å². The maximum Gasteiger partial charge on any atom is 0.166 e. The van der Waals surface area contributed by atoms with Gasteiger partial charge in [0.1, 0.15) is 0 Å². The third-order valence-corrected chi connectivity index (χ3v) is 6.28. The van der Waals surface area contributed by atoms with E-state index < -0.39 is 0 Å². The van der Waals surface area contributed by atoms with E-state index >= 15 is 0 Å². The second-order valence-electron chi connectivity index (χ2n) is 9.21. The summed E-state index contributed by atoms with van der Waals surface area (Å²) < 4.78 is 0. The van der Waals surface area contributed by atoms with E-state index in [-0.39, 0.29) is 11.0 Å². The van der Waals surface area contributed by atoms with Gasteiger partial charge in [-0.3, -0.25) is 0 Å². The number of hydrogen-bond acceptors (Lipinski definition) is 9. The minimum Gasteiger partial charge on any atom is -0.363 e. The molecule has 0 amide bonds. The van der Waals surface area contributed by atoms with Gasteiger partial charge in [0.2, 0.25) is 0 Å². The minimum absolute atomic E-state index is 0.188. The average molecular weight is 486 g/mol. The minimum atomic E-state index is -0.228. The van der Waals surface area contributed by atoms with Gasteiger partial charge in [-0.1, -0.05) is 6.92 Å². The summed E-state index contributed by atoms with van der Waals surface area (Å²) in [6.45, 7) is 14.9. The Kier molecular flexibility index (Phi) is 13.7. The number of fused-ring (bicyclic) bond motifs is 15. The normalized spacial score (nSPS) is 28.7. The summed E-state index contributed by atoms with van der Waals surface area (Å²) in [7, 11) is 0. The first kappa shape index (κ1) is 27.5. The first-order valence-electron chi connectivity index (χ1n) is 11.9. The monoisotopic (exact) mass is 485 g/mol. The van der Waals surface area contributed by atoms with Crippen molar-refractivity contribution in [1.82, 2.24) is 42.5 Å². The van der Waals surface area contributed by atoms with Gasteiger partial charge >= 0.3 is 0 Å². The second kappa shape index (κ2) is 16.0. The van der Waals surface area contributed by atoms with Crippen LogP contribution in [0, 0.1) is 5.41 Å². The first-order valence-corrected chi connectivity index (χ1v) is 12.7. The lowest BCUT2D eigenvalue weighted by Gasteiger charge is -2.38. The van der Waals surface area contributed by atoms with Crippen molar-refractivity contribution in [2.45, 2.75) is 25.3 Å². The molecule has 3 fully saturated rings.